The van der Waals surface area contributed by atoms with Crippen LogP contribution in [0.4, 0.5) is 0 Å². The van der Waals surface area contributed by atoms with Gasteiger partial charge in [0.2, 0.25) is 5.96 Å². The van der Waals surface area contributed by atoms with Gasteiger partial charge in [0.15, 0.2) is 0 Å². The molecule has 2 rings (SSSR count). The van der Waals surface area contributed by atoms with Crippen molar-refractivity contribution in [3.8, 4) is 5.75 Å². The van der Waals surface area contributed by atoms with Gasteiger partial charge in [-0.2, -0.15) is 0 Å². The summed E-state index contributed by atoms with van der Waals surface area (Å²) in [6, 6.07) is -0.677. The molecule has 1 atom stereocenters. The lowest BCUT2D eigenvalue weighted by Gasteiger charge is -2.19. The fourth-order valence-corrected chi connectivity index (χ4v) is 5.28. The number of hydrogen-bond donors (Lipinski definition) is 4. The molecule has 168 valence electrons. The van der Waals surface area contributed by atoms with Crippen molar-refractivity contribution >= 4 is 22.0 Å². The molecule has 0 saturated carbocycles. The van der Waals surface area contributed by atoms with Crippen LogP contribution in [0.5, 0.6) is 5.75 Å². The van der Waals surface area contributed by atoms with Gasteiger partial charge in [0.05, 0.1) is 4.90 Å². The normalized spacial score (nSPS) is 16.7. The van der Waals surface area contributed by atoms with E-state index >= 15 is 0 Å². The number of fused-ring (bicyclic) bond motifs is 1. The Bertz CT molecular complexity index is 970. The van der Waals surface area contributed by atoms with E-state index in [9.17, 15) is 13.2 Å². The molecule has 1 aromatic rings. The average molecular weight is 441 g/mol. The van der Waals surface area contributed by atoms with E-state index in [4.69, 9.17) is 15.6 Å². The molecular weight excluding hydrogens is 408 g/mol. The summed E-state index contributed by atoms with van der Waals surface area (Å²) in [5, 5.41) is 11.7. The Morgan fingerprint density at radius 3 is 2.47 bits per heavy atom. The van der Waals surface area contributed by atoms with Crippen LogP contribution in [0.2, 0.25) is 0 Å². The number of carboxylic acid groups (broad SMARTS) is 1. The lowest BCUT2D eigenvalue weighted by atomic mass is 9.94. The highest BCUT2D eigenvalue weighted by Gasteiger charge is 2.36. The number of nitrogens with zero attached hydrogens (tertiary/aromatic N) is 1. The van der Waals surface area contributed by atoms with Crippen molar-refractivity contribution < 1.29 is 23.1 Å². The summed E-state index contributed by atoms with van der Waals surface area (Å²) >= 11 is 0. The molecule has 0 aliphatic carbocycles. The molecule has 0 saturated heterocycles. The van der Waals surface area contributed by atoms with Crippen LogP contribution >= 0.6 is 0 Å². The fraction of sp³-hybridized carbons (Fsp3) is 0.600. The van der Waals surface area contributed by atoms with Gasteiger partial charge in [-0.3, -0.25) is 9.79 Å². The van der Waals surface area contributed by atoms with E-state index in [1.54, 1.807) is 20.9 Å². The van der Waals surface area contributed by atoms with Gasteiger partial charge in [-0.05, 0) is 71.2 Å². The Hall–Kier alpha value is -2.33. The summed E-state index contributed by atoms with van der Waals surface area (Å²) in [5.41, 5.74) is 8.37. The minimum atomic E-state index is -3.94. The number of nitrogens with one attached hydrogen (secondary N) is 2. The van der Waals surface area contributed by atoms with Gasteiger partial charge in [-0.1, -0.05) is 0 Å². The predicted molar refractivity (Wildman–Crippen MR) is 116 cm³/mol. The topological polar surface area (TPSA) is 143 Å². The maximum absolute atomic E-state index is 13.1. The van der Waals surface area contributed by atoms with Crippen LogP contribution in [-0.2, 0) is 21.2 Å². The van der Waals surface area contributed by atoms with Gasteiger partial charge >= 0.3 is 5.97 Å². The van der Waals surface area contributed by atoms with E-state index < -0.39 is 22.0 Å². The summed E-state index contributed by atoms with van der Waals surface area (Å²) in [6.07, 6.45) is 1.42. The zero-order chi connectivity index (χ0) is 22.9. The molecule has 0 radical (unpaired) electrons. The summed E-state index contributed by atoms with van der Waals surface area (Å²) in [5.74, 6) is -0.409. The molecule has 0 aromatic heterocycles. The molecule has 9 nitrogen and oxygen atoms in total. The van der Waals surface area contributed by atoms with Gasteiger partial charge in [0.1, 0.15) is 17.4 Å². The first-order valence-electron chi connectivity index (χ1n) is 9.85. The monoisotopic (exact) mass is 440 g/mol. The van der Waals surface area contributed by atoms with Crippen molar-refractivity contribution in [1.29, 1.82) is 0 Å². The fourth-order valence-electron chi connectivity index (χ4n) is 3.75. The largest absolute Gasteiger partial charge is 0.487 e. The second-order valence-electron chi connectivity index (χ2n) is 8.24. The molecule has 0 spiro atoms. The molecule has 0 fully saturated rings. The Morgan fingerprint density at radius 1 is 1.27 bits per heavy atom. The third-order valence-corrected chi connectivity index (χ3v) is 7.01. The molecule has 30 heavy (non-hydrogen) atoms. The third-order valence-electron chi connectivity index (χ3n) is 5.38. The number of carbonyl (C=O) groups is 1. The Labute approximate surface area is 178 Å². The first-order valence-corrected chi connectivity index (χ1v) is 11.3. The molecule has 5 N–H and O–H groups in total. The summed E-state index contributed by atoms with van der Waals surface area (Å²) in [7, 11) is -2.37. The first kappa shape index (κ1) is 23.9. The molecule has 1 heterocycles. The van der Waals surface area contributed by atoms with Crippen molar-refractivity contribution in [3.05, 3.63) is 22.3 Å². The number of carboxylic acids is 1. The van der Waals surface area contributed by atoms with Gasteiger partial charge in [0, 0.05) is 18.5 Å². The maximum Gasteiger partial charge on any atom is 0.320 e. The molecule has 10 heteroatoms. The van der Waals surface area contributed by atoms with Crippen molar-refractivity contribution in [2.45, 2.75) is 70.4 Å². The zero-order valence-corrected chi connectivity index (χ0v) is 19.2. The lowest BCUT2D eigenvalue weighted by Crippen LogP contribution is -2.38. The highest BCUT2D eigenvalue weighted by Crippen LogP contribution is 2.43. The Kier molecular flexibility index (Phi) is 7.03. The number of guanidine groups is 1. The van der Waals surface area contributed by atoms with E-state index in [0.717, 1.165) is 16.9 Å². The third kappa shape index (κ3) is 5.04. The second kappa shape index (κ2) is 8.81. The number of hydrogen-bond acceptors (Lipinski definition) is 6. The number of sulfonamides is 1. The SMILES string of the molecule is CN[C@H](CCCN=C(N)NS(=O)(=O)c1c(C)c(C)c2c(c1C)CC(C)(C)O2)C(=O)O. The number of benzene rings is 1. The Balaban J connectivity index is 2.20. The quantitative estimate of drug-likeness (QED) is 0.271. The van der Waals surface area contributed by atoms with Crippen LogP contribution in [0.25, 0.3) is 0 Å². The lowest BCUT2D eigenvalue weighted by molar-refractivity contribution is -0.139. The smallest absolute Gasteiger partial charge is 0.320 e. The minimum Gasteiger partial charge on any atom is -0.487 e. The first-order chi connectivity index (χ1) is 13.8. The second-order valence-corrected chi connectivity index (χ2v) is 9.86. The molecule has 1 aromatic carbocycles. The minimum absolute atomic E-state index is 0.194. The van der Waals surface area contributed by atoms with Crippen molar-refractivity contribution in [2.75, 3.05) is 13.6 Å². The predicted octanol–water partition coefficient (Wildman–Crippen LogP) is 1.37. The molecule has 0 unspecified atom stereocenters. The highest BCUT2D eigenvalue weighted by molar-refractivity contribution is 7.90. The van der Waals surface area contributed by atoms with Gasteiger partial charge in [-0.25, -0.2) is 13.1 Å². The zero-order valence-electron chi connectivity index (χ0n) is 18.4. The molecular formula is C20H32N4O5S. The van der Waals surface area contributed by atoms with Crippen LogP contribution < -0.4 is 20.5 Å². The summed E-state index contributed by atoms with van der Waals surface area (Å²) in [4.78, 5) is 15.2. The highest BCUT2D eigenvalue weighted by atomic mass is 32.2. The summed E-state index contributed by atoms with van der Waals surface area (Å²) < 4.78 is 34.5. The number of aliphatic imine (C=N–C) groups is 1. The van der Waals surface area contributed by atoms with Crippen molar-refractivity contribution in [3.63, 3.8) is 0 Å². The Morgan fingerprint density at radius 2 is 1.90 bits per heavy atom. The number of aliphatic carboxylic acids is 1. The van der Waals surface area contributed by atoms with Gasteiger partial charge in [0.25, 0.3) is 10.0 Å². The van der Waals surface area contributed by atoms with E-state index in [0.29, 0.717) is 30.4 Å². The number of rotatable bonds is 8. The van der Waals surface area contributed by atoms with Gasteiger partial charge < -0.3 is 20.9 Å². The van der Waals surface area contributed by atoms with Crippen molar-refractivity contribution in [2.24, 2.45) is 10.7 Å². The number of ether oxygens (including phenoxy) is 1. The molecule has 1 aliphatic heterocycles. The van der Waals surface area contributed by atoms with Crippen molar-refractivity contribution in [1.82, 2.24) is 10.0 Å². The van der Waals surface area contributed by atoms with Crippen LogP contribution in [0.15, 0.2) is 9.89 Å². The molecule has 0 bridgehead atoms. The molecule has 1 aliphatic rings. The van der Waals surface area contributed by atoms with Crippen LogP contribution in [0, 0.1) is 20.8 Å². The van der Waals surface area contributed by atoms with Gasteiger partial charge in [-0.15, -0.1) is 0 Å². The standard InChI is InChI=1S/C20H32N4O5S/c1-11-12(2)17(13(3)14-10-20(4,5)29-16(11)14)30(27,28)24-19(21)23-9-7-8-15(22-6)18(25)26/h15,22H,7-10H2,1-6H3,(H,25,26)(H3,21,23,24)/t15-/m1/s1. The van der Waals surface area contributed by atoms with E-state index in [1.807, 2.05) is 20.8 Å². The number of nitrogens with two attached hydrogens (primary N) is 1. The molecule has 0 amide bonds. The van der Waals surface area contributed by atoms with E-state index in [-0.39, 0.29) is 23.0 Å². The average Bonchev–Trinajstić information content (AvgIpc) is 2.95. The van der Waals surface area contributed by atoms with Crippen LogP contribution in [0.3, 0.4) is 0 Å². The van der Waals surface area contributed by atoms with E-state index in [1.165, 1.54) is 0 Å². The number of likely N-dealkylation sites (N-methyl/N-ethyl adjacent to an activating group) is 1. The van der Waals surface area contributed by atoms with Crippen LogP contribution in [-0.4, -0.2) is 50.7 Å². The summed E-state index contributed by atoms with van der Waals surface area (Å²) in [6.45, 7) is 9.54. The maximum atomic E-state index is 13.1. The van der Waals surface area contributed by atoms with E-state index in [2.05, 4.69) is 15.0 Å². The van der Waals surface area contributed by atoms with Crippen LogP contribution in [0.1, 0.15) is 48.9 Å².